The molecule has 1 N–H and O–H groups in total. The Kier molecular flexibility index (Phi) is 4.24. The van der Waals surface area contributed by atoms with Crippen molar-refractivity contribution in [3.63, 3.8) is 0 Å². The Bertz CT molecular complexity index is 622. The van der Waals surface area contributed by atoms with E-state index in [4.69, 9.17) is 0 Å². The Morgan fingerprint density at radius 1 is 1.37 bits per heavy atom. The van der Waals surface area contributed by atoms with E-state index in [0.717, 1.165) is 17.7 Å². The van der Waals surface area contributed by atoms with Crippen molar-refractivity contribution in [3.8, 4) is 11.3 Å². The molecule has 5 heteroatoms. The van der Waals surface area contributed by atoms with Crippen molar-refractivity contribution >= 4 is 28.6 Å². The largest absolute Gasteiger partial charge is 0.477 e. The number of carboxylic acids is 1. The molecule has 3 nitrogen and oxygen atoms in total. The SMILES string of the molecule is CCCn1c(C(=O)O)ccc1-c1cccc(F)c1I. The molecule has 1 aromatic carbocycles. The minimum atomic E-state index is -0.967. The topological polar surface area (TPSA) is 42.2 Å². The van der Waals surface area contributed by atoms with Crippen molar-refractivity contribution in [1.29, 1.82) is 0 Å². The molecule has 0 spiro atoms. The van der Waals surface area contributed by atoms with Crippen LogP contribution in [0.25, 0.3) is 11.3 Å². The molecule has 0 atom stereocenters. The van der Waals surface area contributed by atoms with Crippen molar-refractivity contribution in [2.75, 3.05) is 0 Å². The number of carbonyl (C=O) groups is 1. The Morgan fingerprint density at radius 3 is 2.74 bits per heavy atom. The van der Waals surface area contributed by atoms with Crippen LogP contribution in [-0.2, 0) is 6.54 Å². The lowest BCUT2D eigenvalue weighted by atomic mass is 10.1. The Morgan fingerprint density at radius 2 is 2.11 bits per heavy atom. The van der Waals surface area contributed by atoms with E-state index in [9.17, 15) is 14.3 Å². The number of aromatic nitrogens is 1. The molecule has 1 heterocycles. The summed E-state index contributed by atoms with van der Waals surface area (Å²) in [6.45, 7) is 2.57. The molecule has 0 amide bonds. The van der Waals surface area contributed by atoms with E-state index >= 15 is 0 Å². The second kappa shape index (κ2) is 5.73. The van der Waals surface area contributed by atoms with Crippen LogP contribution in [0.2, 0.25) is 0 Å². The number of rotatable bonds is 4. The van der Waals surface area contributed by atoms with Crippen molar-refractivity contribution < 1.29 is 14.3 Å². The van der Waals surface area contributed by atoms with Gasteiger partial charge in [0.2, 0.25) is 0 Å². The minimum Gasteiger partial charge on any atom is -0.477 e. The summed E-state index contributed by atoms with van der Waals surface area (Å²) >= 11 is 1.94. The molecule has 0 aliphatic heterocycles. The third kappa shape index (κ3) is 2.65. The molecule has 0 fully saturated rings. The zero-order valence-electron chi connectivity index (χ0n) is 10.4. The van der Waals surface area contributed by atoms with E-state index in [-0.39, 0.29) is 11.5 Å². The van der Waals surface area contributed by atoms with Crippen LogP contribution in [0.3, 0.4) is 0 Å². The van der Waals surface area contributed by atoms with Crippen molar-refractivity contribution in [2.24, 2.45) is 0 Å². The summed E-state index contributed by atoms with van der Waals surface area (Å²) in [5, 5.41) is 9.18. The monoisotopic (exact) mass is 373 g/mol. The van der Waals surface area contributed by atoms with Gasteiger partial charge < -0.3 is 9.67 Å². The van der Waals surface area contributed by atoms with Crippen LogP contribution in [-0.4, -0.2) is 15.6 Å². The summed E-state index contributed by atoms with van der Waals surface area (Å²) in [7, 11) is 0. The van der Waals surface area contributed by atoms with Gasteiger partial charge in [0.05, 0.1) is 3.57 Å². The summed E-state index contributed by atoms with van der Waals surface area (Å²) in [6, 6.07) is 8.13. The summed E-state index contributed by atoms with van der Waals surface area (Å²) < 4.78 is 15.8. The number of carboxylic acid groups (broad SMARTS) is 1. The van der Waals surface area contributed by atoms with Gasteiger partial charge >= 0.3 is 5.97 Å². The van der Waals surface area contributed by atoms with Crippen LogP contribution in [0.1, 0.15) is 23.8 Å². The zero-order chi connectivity index (χ0) is 14.0. The van der Waals surface area contributed by atoms with Crippen LogP contribution in [0, 0.1) is 9.39 Å². The summed E-state index contributed by atoms with van der Waals surface area (Å²) in [5.74, 6) is -1.26. The predicted octanol–water partition coefficient (Wildman–Crippen LogP) is 4.01. The van der Waals surface area contributed by atoms with E-state index in [1.165, 1.54) is 6.07 Å². The molecule has 19 heavy (non-hydrogen) atoms. The molecule has 0 bridgehead atoms. The number of benzene rings is 1. The highest BCUT2D eigenvalue weighted by molar-refractivity contribution is 14.1. The molecule has 0 unspecified atom stereocenters. The normalized spacial score (nSPS) is 10.7. The Balaban J connectivity index is 2.62. The number of hydrogen-bond donors (Lipinski definition) is 1. The third-order valence-corrected chi connectivity index (χ3v) is 3.97. The summed E-state index contributed by atoms with van der Waals surface area (Å²) in [6.07, 6.45) is 0.813. The highest BCUT2D eigenvalue weighted by Gasteiger charge is 2.17. The first-order valence-electron chi connectivity index (χ1n) is 5.93. The number of nitrogens with zero attached hydrogens (tertiary/aromatic N) is 1. The molecular formula is C14H13FINO2. The van der Waals surface area contributed by atoms with E-state index < -0.39 is 5.97 Å². The van der Waals surface area contributed by atoms with Crippen LogP contribution in [0.5, 0.6) is 0 Å². The van der Waals surface area contributed by atoms with Gasteiger partial charge in [0.25, 0.3) is 0 Å². The second-order valence-electron chi connectivity index (χ2n) is 4.16. The van der Waals surface area contributed by atoms with Gasteiger partial charge in [-0.2, -0.15) is 0 Å². The minimum absolute atomic E-state index is 0.233. The highest BCUT2D eigenvalue weighted by Crippen LogP contribution is 2.29. The Hall–Kier alpha value is -1.37. The first-order valence-corrected chi connectivity index (χ1v) is 7.01. The van der Waals surface area contributed by atoms with Gasteiger partial charge in [-0.05, 0) is 47.2 Å². The number of aromatic carboxylic acids is 1. The van der Waals surface area contributed by atoms with Gasteiger partial charge in [0.15, 0.2) is 0 Å². The predicted molar refractivity (Wildman–Crippen MR) is 79.8 cm³/mol. The maximum absolute atomic E-state index is 13.6. The molecular weight excluding hydrogens is 360 g/mol. The molecule has 0 aliphatic rings. The van der Waals surface area contributed by atoms with Gasteiger partial charge in [-0.3, -0.25) is 0 Å². The lowest BCUT2D eigenvalue weighted by Gasteiger charge is -2.12. The lowest BCUT2D eigenvalue weighted by molar-refractivity contribution is 0.0685. The molecule has 2 aromatic rings. The quantitative estimate of drug-likeness (QED) is 0.824. The Labute approximate surface area is 124 Å². The molecule has 0 saturated heterocycles. The van der Waals surface area contributed by atoms with Crippen LogP contribution < -0.4 is 0 Å². The van der Waals surface area contributed by atoms with Crippen LogP contribution >= 0.6 is 22.6 Å². The molecule has 1 aromatic heterocycles. The van der Waals surface area contributed by atoms with Gasteiger partial charge in [-0.15, -0.1) is 0 Å². The van der Waals surface area contributed by atoms with Gasteiger partial charge in [-0.25, -0.2) is 9.18 Å². The lowest BCUT2D eigenvalue weighted by Crippen LogP contribution is -2.09. The van der Waals surface area contributed by atoms with E-state index in [1.807, 2.05) is 29.5 Å². The van der Waals surface area contributed by atoms with E-state index in [2.05, 4.69) is 0 Å². The average Bonchev–Trinajstić information content (AvgIpc) is 2.77. The smallest absolute Gasteiger partial charge is 0.352 e. The molecule has 0 aliphatic carbocycles. The number of halogens is 2. The fraction of sp³-hybridized carbons (Fsp3) is 0.214. The molecule has 0 saturated carbocycles. The fourth-order valence-corrected chi connectivity index (χ4v) is 2.69. The second-order valence-corrected chi connectivity index (χ2v) is 5.24. The number of hydrogen-bond acceptors (Lipinski definition) is 1. The zero-order valence-corrected chi connectivity index (χ0v) is 12.5. The highest BCUT2D eigenvalue weighted by atomic mass is 127. The average molecular weight is 373 g/mol. The van der Waals surface area contributed by atoms with Crippen LogP contribution in [0.15, 0.2) is 30.3 Å². The van der Waals surface area contributed by atoms with Gasteiger partial charge in [-0.1, -0.05) is 19.1 Å². The molecule has 0 radical (unpaired) electrons. The van der Waals surface area contributed by atoms with E-state index in [0.29, 0.717) is 10.1 Å². The van der Waals surface area contributed by atoms with Gasteiger partial charge in [0.1, 0.15) is 11.5 Å². The van der Waals surface area contributed by atoms with Crippen molar-refractivity contribution in [3.05, 3.63) is 45.4 Å². The fourth-order valence-electron chi connectivity index (χ4n) is 2.06. The molecule has 100 valence electrons. The standard InChI is InChI=1S/C14H13FINO2/c1-2-8-17-11(6-7-12(17)14(18)19)9-4-3-5-10(15)13(9)16/h3-7H,2,8H2,1H3,(H,18,19). The molecule has 2 rings (SSSR count). The first-order chi connectivity index (χ1) is 9.06. The van der Waals surface area contributed by atoms with Crippen molar-refractivity contribution in [1.82, 2.24) is 4.57 Å². The third-order valence-electron chi connectivity index (χ3n) is 2.87. The van der Waals surface area contributed by atoms with E-state index in [1.54, 1.807) is 28.8 Å². The maximum Gasteiger partial charge on any atom is 0.352 e. The first kappa shape index (κ1) is 14.0. The maximum atomic E-state index is 13.6. The van der Waals surface area contributed by atoms with Crippen LogP contribution in [0.4, 0.5) is 4.39 Å². The summed E-state index contributed by atoms with van der Waals surface area (Å²) in [4.78, 5) is 11.2. The van der Waals surface area contributed by atoms with Gasteiger partial charge in [0, 0.05) is 17.8 Å². The van der Waals surface area contributed by atoms with Crippen molar-refractivity contribution in [2.45, 2.75) is 19.9 Å². The summed E-state index contributed by atoms with van der Waals surface area (Å²) in [5.41, 5.74) is 1.70.